The SMILES string of the molecule is CC(O)C(C)S[C@H]1CCCC[C@@H]1O. The van der Waals surface area contributed by atoms with E-state index in [1.54, 1.807) is 11.8 Å². The fourth-order valence-electron chi connectivity index (χ4n) is 1.63. The first-order valence-corrected chi connectivity index (χ1v) is 6.07. The van der Waals surface area contributed by atoms with Gasteiger partial charge in [0, 0.05) is 10.5 Å². The summed E-state index contributed by atoms with van der Waals surface area (Å²) in [6, 6.07) is 0. The van der Waals surface area contributed by atoms with Gasteiger partial charge in [0.05, 0.1) is 12.2 Å². The Morgan fingerprint density at radius 2 is 1.85 bits per heavy atom. The number of aliphatic hydroxyl groups excluding tert-OH is 2. The molecule has 2 unspecified atom stereocenters. The molecule has 2 N–H and O–H groups in total. The molecule has 13 heavy (non-hydrogen) atoms. The second kappa shape index (κ2) is 5.23. The monoisotopic (exact) mass is 204 g/mol. The van der Waals surface area contributed by atoms with Gasteiger partial charge >= 0.3 is 0 Å². The number of aliphatic hydroxyl groups is 2. The zero-order valence-corrected chi connectivity index (χ0v) is 9.26. The molecule has 0 spiro atoms. The lowest BCUT2D eigenvalue weighted by Crippen LogP contribution is -2.30. The minimum absolute atomic E-state index is 0.153. The van der Waals surface area contributed by atoms with E-state index in [1.807, 2.05) is 13.8 Å². The van der Waals surface area contributed by atoms with Gasteiger partial charge in [0.2, 0.25) is 0 Å². The Hall–Kier alpha value is 0.270. The highest BCUT2D eigenvalue weighted by molar-refractivity contribution is 8.00. The lowest BCUT2D eigenvalue weighted by molar-refractivity contribution is 0.135. The van der Waals surface area contributed by atoms with Crippen molar-refractivity contribution in [2.75, 3.05) is 0 Å². The van der Waals surface area contributed by atoms with Crippen molar-refractivity contribution in [1.29, 1.82) is 0 Å². The summed E-state index contributed by atoms with van der Waals surface area (Å²) in [4.78, 5) is 0. The third kappa shape index (κ3) is 3.49. The average molecular weight is 204 g/mol. The van der Waals surface area contributed by atoms with Gasteiger partial charge in [-0.2, -0.15) is 11.8 Å². The molecular formula is C10H20O2S. The fraction of sp³-hybridized carbons (Fsp3) is 1.00. The molecule has 0 aromatic heterocycles. The lowest BCUT2D eigenvalue weighted by atomic mass is 9.97. The maximum atomic E-state index is 9.70. The third-order valence-corrected chi connectivity index (χ3v) is 4.46. The highest BCUT2D eigenvalue weighted by Crippen LogP contribution is 2.32. The van der Waals surface area contributed by atoms with Gasteiger partial charge in [0.1, 0.15) is 0 Å². The number of hydrogen-bond donors (Lipinski definition) is 2. The Morgan fingerprint density at radius 3 is 2.38 bits per heavy atom. The standard InChI is InChI=1S/C10H20O2S/c1-7(11)8(2)13-10-6-4-3-5-9(10)12/h7-12H,3-6H2,1-2H3/t7?,8?,9-,10-/m0/s1. The van der Waals surface area contributed by atoms with Gasteiger partial charge in [0.25, 0.3) is 0 Å². The summed E-state index contributed by atoms with van der Waals surface area (Å²) >= 11 is 1.74. The quantitative estimate of drug-likeness (QED) is 0.736. The van der Waals surface area contributed by atoms with Crippen LogP contribution in [-0.4, -0.2) is 32.9 Å². The summed E-state index contributed by atoms with van der Waals surface area (Å²) in [5.74, 6) is 0. The highest BCUT2D eigenvalue weighted by Gasteiger charge is 2.26. The fourth-order valence-corrected chi connectivity index (χ4v) is 3.02. The van der Waals surface area contributed by atoms with Crippen LogP contribution in [0.1, 0.15) is 39.5 Å². The summed E-state index contributed by atoms with van der Waals surface area (Å²) in [5, 5.41) is 19.6. The van der Waals surface area contributed by atoms with E-state index in [2.05, 4.69) is 0 Å². The average Bonchev–Trinajstić information content (AvgIpc) is 2.08. The van der Waals surface area contributed by atoms with Gasteiger partial charge in [-0.15, -0.1) is 0 Å². The minimum Gasteiger partial charge on any atom is -0.392 e. The molecule has 1 aliphatic rings. The van der Waals surface area contributed by atoms with Crippen LogP contribution in [0, 0.1) is 0 Å². The van der Waals surface area contributed by atoms with Gasteiger partial charge in [0.15, 0.2) is 0 Å². The largest absolute Gasteiger partial charge is 0.392 e. The van der Waals surface area contributed by atoms with Crippen LogP contribution in [0.4, 0.5) is 0 Å². The maximum Gasteiger partial charge on any atom is 0.0658 e. The zero-order valence-electron chi connectivity index (χ0n) is 8.44. The Morgan fingerprint density at radius 1 is 1.23 bits per heavy atom. The molecule has 3 heteroatoms. The van der Waals surface area contributed by atoms with Crippen molar-refractivity contribution in [2.45, 2.75) is 62.2 Å². The smallest absolute Gasteiger partial charge is 0.0658 e. The molecule has 0 radical (unpaired) electrons. The van der Waals surface area contributed by atoms with E-state index in [1.165, 1.54) is 6.42 Å². The molecule has 0 heterocycles. The van der Waals surface area contributed by atoms with E-state index >= 15 is 0 Å². The normalized spacial score (nSPS) is 34.2. The summed E-state index contributed by atoms with van der Waals surface area (Å²) < 4.78 is 0. The molecule has 4 atom stereocenters. The molecule has 0 aromatic carbocycles. The molecule has 1 saturated carbocycles. The highest BCUT2D eigenvalue weighted by atomic mass is 32.2. The zero-order chi connectivity index (χ0) is 9.84. The van der Waals surface area contributed by atoms with Gasteiger partial charge < -0.3 is 10.2 Å². The van der Waals surface area contributed by atoms with E-state index in [0.29, 0.717) is 5.25 Å². The predicted octanol–water partition coefficient (Wildman–Crippen LogP) is 1.79. The Labute approximate surface area is 84.7 Å². The van der Waals surface area contributed by atoms with Crippen LogP contribution in [0.15, 0.2) is 0 Å². The number of rotatable bonds is 3. The van der Waals surface area contributed by atoms with Crippen LogP contribution < -0.4 is 0 Å². The van der Waals surface area contributed by atoms with Crippen molar-refractivity contribution in [1.82, 2.24) is 0 Å². The molecule has 1 rings (SSSR count). The summed E-state index contributed by atoms with van der Waals surface area (Å²) in [6.45, 7) is 3.84. The Bertz CT molecular complexity index is 150. The third-order valence-electron chi connectivity index (χ3n) is 2.74. The molecule has 78 valence electrons. The van der Waals surface area contributed by atoms with Crippen molar-refractivity contribution in [2.24, 2.45) is 0 Å². The molecule has 2 nitrogen and oxygen atoms in total. The van der Waals surface area contributed by atoms with Gasteiger partial charge in [-0.25, -0.2) is 0 Å². The van der Waals surface area contributed by atoms with Crippen LogP contribution in [0.2, 0.25) is 0 Å². The first-order chi connectivity index (χ1) is 6.11. The van der Waals surface area contributed by atoms with Gasteiger partial charge in [-0.05, 0) is 19.8 Å². The van der Waals surface area contributed by atoms with Gasteiger partial charge in [-0.1, -0.05) is 19.8 Å². The van der Waals surface area contributed by atoms with E-state index in [0.717, 1.165) is 19.3 Å². The molecule has 0 saturated heterocycles. The molecule has 0 amide bonds. The van der Waals surface area contributed by atoms with Crippen LogP contribution in [0.3, 0.4) is 0 Å². The van der Waals surface area contributed by atoms with Crippen molar-refractivity contribution in [3.63, 3.8) is 0 Å². The number of hydrogen-bond acceptors (Lipinski definition) is 3. The van der Waals surface area contributed by atoms with E-state index in [-0.39, 0.29) is 17.5 Å². The molecule has 1 aliphatic carbocycles. The first kappa shape index (κ1) is 11.3. The summed E-state index contributed by atoms with van der Waals surface area (Å²) in [5.41, 5.74) is 0. The second-order valence-corrected chi connectivity index (χ2v) is 5.59. The van der Waals surface area contributed by atoms with E-state index < -0.39 is 0 Å². The maximum absolute atomic E-state index is 9.70. The van der Waals surface area contributed by atoms with E-state index in [4.69, 9.17) is 0 Å². The van der Waals surface area contributed by atoms with Gasteiger partial charge in [-0.3, -0.25) is 0 Å². The summed E-state index contributed by atoms with van der Waals surface area (Å²) in [7, 11) is 0. The molecule has 0 bridgehead atoms. The Balaban J connectivity index is 2.33. The topological polar surface area (TPSA) is 40.5 Å². The van der Waals surface area contributed by atoms with Crippen LogP contribution in [0.5, 0.6) is 0 Å². The van der Waals surface area contributed by atoms with Crippen molar-refractivity contribution in [3.05, 3.63) is 0 Å². The van der Waals surface area contributed by atoms with Crippen LogP contribution in [0.25, 0.3) is 0 Å². The predicted molar refractivity (Wildman–Crippen MR) is 57.0 cm³/mol. The van der Waals surface area contributed by atoms with Crippen molar-refractivity contribution in [3.8, 4) is 0 Å². The number of thioether (sulfide) groups is 1. The molecular weight excluding hydrogens is 184 g/mol. The minimum atomic E-state index is -0.279. The Kier molecular flexibility index (Phi) is 4.56. The van der Waals surface area contributed by atoms with E-state index in [9.17, 15) is 10.2 Å². The lowest BCUT2D eigenvalue weighted by Gasteiger charge is -2.30. The molecule has 0 aliphatic heterocycles. The first-order valence-electron chi connectivity index (χ1n) is 5.13. The second-order valence-electron chi connectivity index (χ2n) is 3.97. The summed E-state index contributed by atoms with van der Waals surface area (Å²) in [6.07, 6.45) is 3.98. The van der Waals surface area contributed by atoms with Crippen molar-refractivity contribution >= 4 is 11.8 Å². The molecule has 1 fully saturated rings. The van der Waals surface area contributed by atoms with Crippen LogP contribution >= 0.6 is 11.8 Å². The van der Waals surface area contributed by atoms with Crippen molar-refractivity contribution < 1.29 is 10.2 Å². The molecule has 0 aromatic rings. The van der Waals surface area contributed by atoms with Crippen LogP contribution in [-0.2, 0) is 0 Å².